The van der Waals surface area contributed by atoms with Crippen LogP contribution in [0.1, 0.15) is 27.0 Å². The summed E-state index contributed by atoms with van der Waals surface area (Å²) in [6, 6.07) is 1.01. The van der Waals surface area contributed by atoms with E-state index in [2.05, 4.69) is 5.09 Å². The molecule has 2 rings (SSSR count). The van der Waals surface area contributed by atoms with Gasteiger partial charge in [-0.1, -0.05) is 0 Å². The number of H-pyrrole nitrogens is 1. The second kappa shape index (κ2) is 9.10. The molecule has 0 spiro atoms. The second-order valence-electron chi connectivity index (χ2n) is 6.63. The van der Waals surface area contributed by atoms with Crippen molar-refractivity contribution in [2.24, 2.45) is 0 Å². The number of aromatic nitrogens is 2. The van der Waals surface area contributed by atoms with Crippen LogP contribution in [0.3, 0.4) is 0 Å². The SMILES string of the molecule is CC(C)OC(=O)CN[PH](=O)OC[C@H]1O[C@@H](n2ccc(=O)[nH]c2=O)[C@](C)(F)[C@@H]1O. The number of aromatic amines is 1. The third-order valence-corrected chi connectivity index (χ3v) is 4.84. The molecule has 0 radical (unpaired) electrons. The van der Waals surface area contributed by atoms with Gasteiger partial charge in [0.05, 0.1) is 12.7 Å². The zero-order valence-electron chi connectivity index (χ0n) is 15.5. The molecule has 3 N–H and O–H groups in total. The lowest BCUT2D eigenvalue weighted by Crippen LogP contribution is -2.43. The Hall–Kier alpha value is -1.85. The number of hydrogen-bond donors (Lipinski definition) is 3. The minimum atomic E-state index is -2.89. The summed E-state index contributed by atoms with van der Waals surface area (Å²) in [7, 11) is -2.89. The zero-order valence-corrected chi connectivity index (χ0v) is 16.5. The molecule has 1 aliphatic heterocycles. The molecule has 5 atom stereocenters. The van der Waals surface area contributed by atoms with Gasteiger partial charge in [-0.2, -0.15) is 0 Å². The summed E-state index contributed by atoms with van der Waals surface area (Å²) in [4.78, 5) is 36.4. The Balaban J connectivity index is 1.96. The van der Waals surface area contributed by atoms with Crippen molar-refractivity contribution in [2.75, 3.05) is 13.2 Å². The van der Waals surface area contributed by atoms with Gasteiger partial charge in [0, 0.05) is 12.3 Å². The van der Waals surface area contributed by atoms with E-state index in [0.29, 0.717) is 0 Å². The summed E-state index contributed by atoms with van der Waals surface area (Å²) in [5.41, 5.74) is -3.96. The summed E-state index contributed by atoms with van der Waals surface area (Å²) in [5.74, 6) is -0.622. The van der Waals surface area contributed by atoms with Crippen molar-refractivity contribution in [3.63, 3.8) is 0 Å². The molecule has 0 aliphatic carbocycles. The number of nitrogens with zero attached hydrogens (tertiary/aromatic N) is 1. The molecule has 11 nitrogen and oxygen atoms in total. The molecule has 2 heterocycles. The Morgan fingerprint density at radius 1 is 1.54 bits per heavy atom. The molecule has 1 aliphatic rings. The van der Waals surface area contributed by atoms with E-state index in [1.165, 1.54) is 0 Å². The summed E-state index contributed by atoms with van der Waals surface area (Å²) >= 11 is 0. The van der Waals surface area contributed by atoms with Crippen LogP contribution in [-0.4, -0.2) is 57.8 Å². The molecule has 1 aromatic rings. The van der Waals surface area contributed by atoms with Gasteiger partial charge in [-0.3, -0.25) is 23.7 Å². The van der Waals surface area contributed by atoms with Crippen LogP contribution in [0.15, 0.2) is 21.9 Å². The lowest BCUT2D eigenvalue weighted by atomic mass is 9.98. The van der Waals surface area contributed by atoms with Crippen molar-refractivity contribution in [3.05, 3.63) is 33.1 Å². The average Bonchev–Trinajstić information content (AvgIpc) is 2.81. The van der Waals surface area contributed by atoms with Crippen LogP contribution in [0.2, 0.25) is 0 Å². The number of esters is 1. The van der Waals surface area contributed by atoms with Gasteiger partial charge in [0.15, 0.2) is 11.9 Å². The lowest BCUT2D eigenvalue weighted by Gasteiger charge is -2.24. The van der Waals surface area contributed by atoms with Gasteiger partial charge in [-0.25, -0.2) is 14.3 Å². The van der Waals surface area contributed by atoms with Crippen molar-refractivity contribution in [1.82, 2.24) is 14.6 Å². The number of ether oxygens (including phenoxy) is 2. The van der Waals surface area contributed by atoms with E-state index in [-0.39, 0.29) is 12.6 Å². The maximum atomic E-state index is 15.0. The first-order chi connectivity index (χ1) is 13.0. The van der Waals surface area contributed by atoms with E-state index >= 15 is 0 Å². The van der Waals surface area contributed by atoms with Gasteiger partial charge >= 0.3 is 11.7 Å². The summed E-state index contributed by atoms with van der Waals surface area (Å²) < 4.78 is 42.8. The minimum absolute atomic E-state index is 0.324. The fraction of sp³-hybridized carbons (Fsp3) is 0.667. The second-order valence-corrected chi connectivity index (χ2v) is 7.85. The Morgan fingerprint density at radius 3 is 2.82 bits per heavy atom. The summed E-state index contributed by atoms with van der Waals surface area (Å²) in [6.07, 6.45) is -3.74. The van der Waals surface area contributed by atoms with Crippen molar-refractivity contribution in [2.45, 2.75) is 51.0 Å². The van der Waals surface area contributed by atoms with Crippen molar-refractivity contribution in [3.8, 4) is 0 Å². The van der Waals surface area contributed by atoms with Gasteiger partial charge < -0.3 is 19.1 Å². The van der Waals surface area contributed by atoms with Crippen LogP contribution in [0, 0.1) is 0 Å². The van der Waals surface area contributed by atoms with Gasteiger partial charge in [-0.15, -0.1) is 0 Å². The first-order valence-electron chi connectivity index (χ1n) is 8.46. The predicted molar refractivity (Wildman–Crippen MR) is 94.9 cm³/mol. The van der Waals surface area contributed by atoms with Crippen LogP contribution in [-0.2, 0) is 23.4 Å². The number of nitrogens with one attached hydrogen (secondary N) is 2. The third kappa shape index (κ3) is 5.36. The molecule has 0 amide bonds. The maximum Gasteiger partial charge on any atom is 0.330 e. The van der Waals surface area contributed by atoms with Crippen LogP contribution in [0.5, 0.6) is 0 Å². The van der Waals surface area contributed by atoms with Crippen LogP contribution < -0.4 is 16.3 Å². The number of rotatable bonds is 8. The minimum Gasteiger partial charge on any atom is -0.462 e. The monoisotopic (exact) mass is 423 g/mol. The molecule has 1 unspecified atom stereocenters. The number of carbonyl (C=O) groups is 1. The number of carbonyl (C=O) groups excluding carboxylic acids is 1. The molecule has 28 heavy (non-hydrogen) atoms. The lowest BCUT2D eigenvalue weighted by molar-refractivity contribution is -0.145. The molecule has 1 fully saturated rings. The van der Waals surface area contributed by atoms with Crippen molar-refractivity contribution >= 4 is 14.1 Å². The van der Waals surface area contributed by atoms with E-state index < -0.39 is 56.1 Å². The van der Waals surface area contributed by atoms with Gasteiger partial charge in [0.1, 0.15) is 18.8 Å². The summed E-state index contributed by atoms with van der Waals surface area (Å²) in [5, 5.41) is 12.5. The average molecular weight is 423 g/mol. The van der Waals surface area contributed by atoms with Gasteiger partial charge in [0.2, 0.25) is 0 Å². The topological polar surface area (TPSA) is 149 Å². The highest BCUT2D eigenvalue weighted by Gasteiger charge is 2.55. The van der Waals surface area contributed by atoms with Gasteiger partial charge in [0.25, 0.3) is 13.7 Å². The first-order valence-corrected chi connectivity index (χ1v) is 9.78. The van der Waals surface area contributed by atoms with Crippen molar-refractivity contribution in [1.29, 1.82) is 0 Å². The zero-order chi connectivity index (χ0) is 21.1. The molecule has 158 valence electrons. The Bertz CT molecular complexity index is 839. The smallest absolute Gasteiger partial charge is 0.330 e. The van der Waals surface area contributed by atoms with Crippen molar-refractivity contribution < 1.29 is 32.9 Å². The number of aliphatic hydroxyl groups excluding tert-OH is 1. The molecule has 13 heteroatoms. The Labute approximate surface area is 159 Å². The standard InChI is InChI=1S/C15H23FN3O8P/c1-8(2)26-11(21)6-17-28(24)25-7-9-12(22)15(3,16)13(27-9)19-5-4-10(20)18-14(19)23/h4-5,8-9,12-13,22,28H,6-7H2,1-3H3,(H,17,24)(H,18,20,23)/t9-,12-,13-,15-/m1/s1. The van der Waals surface area contributed by atoms with Crippen LogP contribution in [0.4, 0.5) is 4.39 Å². The summed E-state index contributed by atoms with van der Waals surface area (Å²) in [6.45, 7) is 3.55. The first kappa shape index (κ1) is 22.4. The Kier molecular flexibility index (Phi) is 7.29. The largest absolute Gasteiger partial charge is 0.462 e. The number of alkyl halides is 1. The van der Waals surface area contributed by atoms with E-state index in [9.17, 15) is 28.4 Å². The number of aliphatic hydroxyl groups is 1. The molecular formula is C15H23FN3O8P. The quantitative estimate of drug-likeness (QED) is 0.371. The predicted octanol–water partition coefficient (Wildman–Crippen LogP) is -0.529. The van der Waals surface area contributed by atoms with Crippen LogP contribution >= 0.6 is 8.18 Å². The normalized spacial score (nSPS) is 28.4. The molecule has 0 bridgehead atoms. The van der Waals surface area contributed by atoms with E-state index in [0.717, 1.165) is 23.8 Å². The molecule has 0 saturated carbocycles. The maximum absolute atomic E-state index is 15.0. The fourth-order valence-corrected chi connectivity index (χ4v) is 3.33. The third-order valence-electron chi connectivity index (χ3n) is 3.94. The molecule has 1 aromatic heterocycles. The fourth-order valence-electron chi connectivity index (χ4n) is 2.62. The van der Waals surface area contributed by atoms with Crippen LogP contribution in [0.25, 0.3) is 0 Å². The molecule has 1 saturated heterocycles. The van der Waals surface area contributed by atoms with Gasteiger partial charge in [-0.05, 0) is 20.8 Å². The molecule has 0 aromatic carbocycles. The van der Waals surface area contributed by atoms with E-state index in [4.69, 9.17) is 14.0 Å². The highest BCUT2D eigenvalue weighted by molar-refractivity contribution is 7.36. The van der Waals surface area contributed by atoms with E-state index in [1.807, 2.05) is 4.98 Å². The number of hydrogen-bond acceptors (Lipinski definition) is 8. The molecular weight excluding hydrogens is 400 g/mol. The number of halogens is 1. The van der Waals surface area contributed by atoms with E-state index in [1.54, 1.807) is 13.8 Å². The highest BCUT2D eigenvalue weighted by Crippen LogP contribution is 2.41. The highest BCUT2D eigenvalue weighted by atomic mass is 31.1. The Morgan fingerprint density at radius 2 is 2.21 bits per heavy atom.